The molecule has 0 radical (unpaired) electrons. The van der Waals surface area contributed by atoms with Gasteiger partial charge in [-0.15, -0.1) is 0 Å². The van der Waals surface area contributed by atoms with Crippen LogP contribution < -0.4 is 10.2 Å². The molecule has 1 heterocycles. The Morgan fingerprint density at radius 1 is 1.17 bits per heavy atom. The van der Waals surface area contributed by atoms with E-state index in [0.717, 1.165) is 16.8 Å². The number of amides is 2. The highest BCUT2D eigenvalue weighted by Gasteiger charge is 2.38. The Morgan fingerprint density at radius 2 is 1.92 bits per heavy atom. The Hall–Kier alpha value is -2.66. The van der Waals surface area contributed by atoms with Crippen LogP contribution in [0.4, 0.5) is 5.69 Å². The number of hydrogen-bond donors (Lipinski definition) is 1. The summed E-state index contributed by atoms with van der Waals surface area (Å²) in [7, 11) is 1.64. The topological polar surface area (TPSA) is 58.6 Å². The van der Waals surface area contributed by atoms with Gasteiger partial charge < -0.3 is 15.0 Å². The number of rotatable bonds is 6. The van der Waals surface area contributed by atoms with Crippen molar-refractivity contribution in [3.8, 4) is 0 Å². The predicted molar refractivity (Wildman–Crippen MR) is 91.6 cm³/mol. The van der Waals surface area contributed by atoms with E-state index in [1.54, 1.807) is 12.0 Å². The molecule has 0 bridgehead atoms. The second-order valence-electron chi connectivity index (χ2n) is 5.83. The second kappa shape index (κ2) is 7.27. The summed E-state index contributed by atoms with van der Waals surface area (Å²) in [5.74, 6) is -0.210. The lowest BCUT2D eigenvalue weighted by Gasteiger charge is -2.38. The van der Waals surface area contributed by atoms with Gasteiger partial charge in [-0.1, -0.05) is 42.5 Å². The van der Waals surface area contributed by atoms with Gasteiger partial charge in [0.25, 0.3) is 5.91 Å². The van der Waals surface area contributed by atoms with Crippen molar-refractivity contribution in [3.63, 3.8) is 0 Å². The number of benzene rings is 2. The summed E-state index contributed by atoms with van der Waals surface area (Å²) >= 11 is 0. The minimum atomic E-state index is -0.431. The van der Waals surface area contributed by atoms with Crippen molar-refractivity contribution in [2.24, 2.45) is 0 Å². The number of carbonyl (C=O) groups excluding carboxylic acids is 2. The molecule has 124 valence electrons. The molecule has 0 spiro atoms. The molecule has 1 aliphatic rings. The Labute approximate surface area is 141 Å². The Morgan fingerprint density at radius 3 is 2.62 bits per heavy atom. The number of methoxy groups -OCH3 is 1. The Balaban J connectivity index is 1.53. The van der Waals surface area contributed by atoms with E-state index in [0.29, 0.717) is 13.2 Å². The van der Waals surface area contributed by atoms with E-state index >= 15 is 0 Å². The molecule has 1 aliphatic heterocycles. The number of β-lactam (4-membered cyclic amide) rings is 1. The molecule has 0 aromatic heterocycles. The minimum absolute atomic E-state index is 0.0670. The quantitative estimate of drug-likeness (QED) is 0.826. The third-order valence-electron chi connectivity index (χ3n) is 4.00. The van der Waals surface area contributed by atoms with Gasteiger partial charge >= 0.3 is 0 Å². The van der Waals surface area contributed by atoms with E-state index < -0.39 is 6.04 Å². The molecule has 0 saturated carbocycles. The monoisotopic (exact) mass is 324 g/mol. The lowest BCUT2D eigenvalue weighted by Crippen LogP contribution is -2.64. The van der Waals surface area contributed by atoms with Crippen LogP contribution in [-0.4, -0.2) is 31.5 Å². The van der Waals surface area contributed by atoms with E-state index in [1.807, 2.05) is 54.6 Å². The van der Waals surface area contributed by atoms with Crippen molar-refractivity contribution in [2.45, 2.75) is 19.1 Å². The first kappa shape index (κ1) is 16.2. The third kappa shape index (κ3) is 3.63. The van der Waals surface area contributed by atoms with Crippen molar-refractivity contribution in [3.05, 3.63) is 65.7 Å². The number of hydrogen-bond acceptors (Lipinski definition) is 3. The van der Waals surface area contributed by atoms with Crippen LogP contribution in [0.25, 0.3) is 0 Å². The summed E-state index contributed by atoms with van der Waals surface area (Å²) in [6.07, 6.45) is 0.257. The number of anilines is 1. The zero-order valence-corrected chi connectivity index (χ0v) is 13.6. The van der Waals surface area contributed by atoms with E-state index in [1.165, 1.54) is 0 Å². The van der Waals surface area contributed by atoms with E-state index in [2.05, 4.69) is 5.32 Å². The average Bonchev–Trinajstić information content (AvgIpc) is 2.59. The van der Waals surface area contributed by atoms with Crippen molar-refractivity contribution in [1.29, 1.82) is 0 Å². The van der Waals surface area contributed by atoms with Gasteiger partial charge in [0.2, 0.25) is 5.91 Å². The van der Waals surface area contributed by atoms with Crippen LogP contribution >= 0.6 is 0 Å². The second-order valence-corrected chi connectivity index (χ2v) is 5.83. The summed E-state index contributed by atoms with van der Waals surface area (Å²) in [5, 5.41) is 2.80. The Bertz CT molecular complexity index is 730. The van der Waals surface area contributed by atoms with Crippen LogP contribution in [0.5, 0.6) is 0 Å². The van der Waals surface area contributed by atoms with Crippen molar-refractivity contribution in [1.82, 2.24) is 5.32 Å². The number of ether oxygens (including phenoxy) is 1. The smallest absolute Gasteiger partial charge is 0.251 e. The molecular weight excluding hydrogens is 304 g/mol. The minimum Gasteiger partial charge on any atom is -0.380 e. The molecule has 5 nitrogen and oxygen atoms in total. The van der Waals surface area contributed by atoms with Crippen LogP contribution in [0, 0.1) is 0 Å². The summed E-state index contributed by atoms with van der Waals surface area (Å²) in [5.41, 5.74) is 2.80. The highest BCUT2D eigenvalue weighted by molar-refractivity contribution is 6.05. The van der Waals surface area contributed by atoms with Gasteiger partial charge in [0.15, 0.2) is 0 Å². The molecule has 1 atom stereocenters. The highest BCUT2D eigenvalue weighted by atomic mass is 16.5. The average molecular weight is 324 g/mol. The number of nitrogens with zero attached hydrogens (tertiary/aromatic N) is 1. The van der Waals surface area contributed by atoms with E-state index in [-0.39, 0.29) is 18.2 Å². The molecule has 1 N–H and O–H groups in total. The fourth-order valence-electron chi connectivity index (χ4n) is 2.80. The van der Waals surface area contributed by atoms with E-state index in [4.69, 9.17) is 4.74 Å². The van der Waals surface area contributed by atoms with Gasteiger partial charge in [-0.25, -0.2) is 0 Å². The number of nitrogens with one attached hydrogen (secondary N) is 1. The maximum Gasteiger partial charge on any atom is 0.251 e. The summed E-state index contributed by atoms with van der Waals surface area (Å²) in [6, 6.07) is 16.7. The van der Waals surface area contributed by atoms with Crippen molar-refractivity contribution in [2.75, 3.05) is 18.6 Å². The largest absolute Gasteiger partial charge is 0.380 e. The molecule has 3 rings (SSSR count). The molecule has 24 heavy (non-hydrogen) atoms. The first-order valence-corrected chi connectivity index (χ1v) is 7.90. The molecule has 0 aliphatic carbocycles. The van der Waals surface area contributed by atoms with Gasteiger partial charge in [0, 0.05) is 12.8 Å². The van der Waals surface area contributed by atoms with Crippen LogP contribution in [0.3, 0.4) is 0 Å². The van der Waals surface area contributed by atoms with Crippen molar-refractivity contribution < 1.29 is 14.3 Å². The standard InChI is InChI=1S/C19H20N2O3/c1-24-13-15-7-5-6-14(10-15)11-18(22)20-17-12-21(19(17)23)16-8-3-2-4-9-16/h2-10,17H,11-13H2,1H3,(H,20,22)/t17-/m1/s1. The maximum absolute atomic E-state index is 12.2. The summed E-state index contributed by atoms with van der Waals surface area (Å²) < 4.78 is 5.10. The SMILES string of the molecule is COCc1cccc(CC(=O)N[C@@H]2CN(c3ccccc3)C2=O)c1. The summed E-state index contributed by atoms with van der Waals surface area (Å²) in [6.45, 7) is 1.03. The third-order valence-corrected chi connectivity index (χ3v) is 4.00. The molecule has 2 aromatic carbocycles. The molecule has 0 unspecified atom stereocenters. The Kier molecular flexibility index (Phi) is 4.91. The van der Waals surface area contributed by atoms with Gasteiger partial charge in [-0.3, -0.25) is 9.59 Å². The fraction of sp³-hybridized carbons (Fsp3) is 0.263. The molecular formula is C19H20N2O3. The number of para-hydroxylation sites is 1. The molecule has 5 heteroatoms. The van der Waals surface area contributed by atoms with Gasteiger partial charge in [0.1, 0.15) is 6.04 Å². The van der Waals surface area contributed by atoms with Gasteiger partial charge in [-0.05, 0) is 23.3 Å². The van der Waals surface area contributed by atoms with Crippen LogP contribution in [-0.2, 0) is 27.4 Å². The highest BCUT2D eigenvalue weighted by Crippen LogP contribution is 2.21. The van der Waals surface area contributed by atoms with Crippen LogP contribution in [0.15, 0.2) is 54.6 Å². The lowest BCUT2D eigenvalue weighted by molar-refractivity contribution is -0.130. The van der Waals surface area contributed by atoms with Gasteiger partial charge in [0.05, 0.1) is 19.6 Å². The number of carbonyl (C=O) groups is 2. The zero-order valence-electron chi connectivity index (χ0n) is 13.6. The predicted octanol–water partition coefficient (Wildman–Crippen LogP) is 1.91. The van der Waals surface area contributed by atoms with Crippen molar-refractivity contribution >= 4 is 17.5 Å². The fourth-order valence-corrected chi connectivity index (χ4v) is 2.80. The first-order valence-electron chi connectivity index (χ1n) is 7.90. The lowest BCUT2D eigenvalue weighted by atomic mass is 10.0. The molecule has 2 aromatic rings. The zero-order chi connectivity index (χ0) is 16.9. The van der Waals surface area contributed by atoms with Gasteiger partial charge in [-0.2, -0.15) is 0 Å². The maximum atomic E-state index is 12.2. The molecule has 1 saturated heterocycles. The first-order chi connectivity index (χ1) is 11.7. The van der Waals surface area contributed by atoms with Crippen LogP contribution in [0.1, 0.15) is 11.1 Å². The summed E-state index contributed by atoms with van der Waals surface area (Å²) in [4.78, 5) is 26.0. The molecule has 1 fully saturated rings. The normalized spacial score (nSPS) is 16.6. The van der Waals surface area contributed by atoms with E-state index in [9.17, 15) is 9.59 Å². The van der Waals surface area contributed by atoms with Crippen LogP contribution in [0.2, 0.25) is 0 Å². The molecule has 2 amide bonds.